The van der Waals surface area contributed by atoms with Crippen LogP contribution >= 0.6 is 0 Å². The van der Waals surface area contributed by atoms with Crippen LogP contribution < -0.4 is 5.32 Å². The van der Waals surface area contributed by atoms with Gasteiger partial charge in [0.05, 0.1) is 6.61 Å². The zero-order valence-corrected chi connectivity index (χ0v) is 13.1. The first-order valence-electron chi connectivity index (χ1n) is 8.74. The molecule has 2 heteroatoms. The molecule has 0 spiro atoms. The molecular formula is C17H35NO. The molecule has 0 bridgehead atoms. The van der Waals surface area contributed by atoms with Gasteiger partial charge in [-0.3, -0.25) is 0 Å². The van der Waals surface area contributed by atoms with Gasteiger partial charge in [0.15, 0.2) is 0 Å². The largest absolute Gasteiger partial charge is 0.380 e. The van der Waals surface area contributed by atoms with Crippen molar-refractivity contribution in [1.29, 1.82) is 0 Å². The minimum Gasteiger partial charge on any atom is -0.380 e. The maximum Gasteiger partial charge on any atom is 0.0590 e. The van der Waals surface area contributed by atoms with E-state index in [0.717, 1.165) is 25.8 Å². The van der Waals surface area contributed by atoms with E-state index in [4.69, 9.17) is 4.74 Å². The third kappa shape index (κ3) is 10.4. The summed E-state index contributed by atoms with van der Waals surface area (Å²) in [5, 5.41) is 3.66. The van der Waals surface area contributed by atoms with Gasteiger partial charge in [-0.2, -0.15) is 0 Å². The zero-order chi connectivity index (χ0) is 13.6. The van der Waals surface area contributed by atoms with E-state index in [1.54, 1.807) is 0 Å². The number of unbranched alkanes of at least 4 members (excludes halogenated alkanes) is 5. The number of hydrogen-bond acceptors (Lipinski definition) is 2. The Bertz CT molecular complexity index is 176. The molecule has 0 aromatic rings. The summed E-state index contributed by atoms with van der Waals surface area (Å²) in [7, 11) is 0. The van der Waals surface area contributed by atoms with Crippen LogP contribution in [0, 0.1) is 0 Å². The summed E-state index contributed by atoms with van der Waals surface area (Å²) in [5.41, 5.74) is 0. The Morgan fingerprint density at radius 3 is 2.26 bits per heavy atom. The summed E-state index contributed by atoms with van der Waals surface area (Å²) in [5.74, 6) is 0. The fourth-order valence-electron chi connectivity index (χ4n) is 2.91. The summed E-state index contributed by atoms with van der Waals surface area (Å²) in [4.78, 5) is 0. The average molecular weight is 269 g/mol. The summed E-state index contributed by atoms with van der Waals surface area (Å²) >= 11 is 0. The topological polar surface area (TPSA) is 21.3 Å². The second-order valence-corrected chi connectivity index (χ2v) is 6.02. The highest BCUT2D eigenvalue weighted by molar-refractivity contribution is 4.70. The van der Waals surface area contributed by atoms with Gasteiger partial charge in [-0.15, -0.1) is 0 Å². The summed E-state index contributed by atoms with van der Waals surface area (Å²) in [6.45, 7) is 5.16. The van der Waals surface area contributed by atoms with Crippen LogP contribution in [-0.4, -0.2) is 25.8 Å². The van der Waals surface area contributed by atoms with E-state index < -0.39 is 0 Å². The van der Waals surface area contributed by atoms with Crippen molar-refractivity contribution >= 4 is 0 Å². The third-order valence-corrected chi connectivity index (χ3v) is 4.18. The molecule has 19 heavy (non-hydrogen) atoms. The van der Waals surface area contributed by atoms with E-state index in [-0.39, 0.29) is 0 Å². The highest BCUT2D eigenvalue weighted by Crippen LogP contribution is 2.16. The van der Waals surface area contributed by atoms with E-state index in [1.807, 2.05) is 0 Å². The molecule has 0 unspecified atom stereocenters. The van der Waals surface area contributed by atoms with E-state index in [1.165, 1.54) is 77.0 Å². The predicted octanol–water partition coefficient (Wildman–Crippen LogP) is 4.68. The molecule has 0 heterocycles. The molecule has 0 saturated heterocycles. The fraction of sp³-hybridized carbons (Fsp3) is 1.00. The van der Waals surface area contributed by atoms with Gasteiger partial charge in [-0.05, 0) is 19.3 Å². The number of rotatable bonds is 11. The van der Waals surface area contributed by atoms with Gasteiger partial charge in [-0.1, -0.05) is 64.7 Å². The summed E-state index contributed by atoms with van der Waals surface area (Å²) < 4.78 is 5.70. The first-order chi connectivity index (χ1) is 9.43. The minimum absolute atomic E-state index is 0.764. The first-order valence-corrected chi connectivity index (χ1v) is 8.74. The molecule has 0 radical (unpaired) electrons. The lowest BCUT2D eigenvalue weighted by atomic mass is 10.1. The highest BCUT2D eigenvalue weighted by atomic mass is 16.5. The van der Waals surface area contributed by atoms with Crippen molar-refractivity contribution in [2.75, 3.05) is 19.8 Å². The van der Waals surface area contributed by atoms with Crippen molar-refractivity contribution in [2.24, 2.45) is 0 Å². The Morgan fingerprint density at radius 1 is 0.842 bits per heavy atom. The van der Waals surface area contributed by atoms with Gasteiger partial charge in [0.1, 0.15) is 0 Å². The summed E-state index contributed by atoms with van der Waals surface area (Å²) in [6.07, 6.45) is 16.6. The minimum atomic E-state index is 0.764. The van der Waals surface area contributed by atoms with Crippen LogP contribution in [0.4, 0.5) is 0 Å². The third-order valence-electron chi connectivity index (χ3n) is 4.18. The Kier molecular flexibility index (Phi) is 11.5. The van der Waals surface area contributed by atoms with Crippen LogP contribution in [0.2, 0.25) is 0 Å². The molecule has 1 rings (SSSR count). The Morgan fingerprint density at radius 2 is 1.53 bits per heavy atom. The standard InChI is InChI=1S/C17H35NO/c1-2-3-4-5-8-11-15-19-16-14-18-17-12-9-6-7-10-13-17/h17-18H,2-16H2,1H3. The molecule has 0 atom stereocenters. The quantitative estimate of drug-likeness (QED) is 0.434. The van der Waals surface area contributed by atoms with E-state index in [2.05, 4.69) is 12.2 Å². The van der Waals surface area contributed by atoms with Crippen molar-refractivity contribution in [1.82, 2.24) is 5.32 Å². The van der Waals surface area contributed by atoms with Gasteiger partial charge >= 0.3 is 0 Å². The zero-order valence-electron chi connectivity index (χ0n) is 13.1. The number of nitrogens with one attached hydrogen (secondary N) is 1. The SMILES string of the molecule is CCCCCCCCOCCNC1CCCCCC1. The molecule has 1 fully saturated rings. The van der Waals surface area contributed by atoms with Crippen molar-refractivity contribution < 1.29 is 4.74 Å². The lowest BCUT2D eigenvalue weighted by Gasteiger charge is -2.16. The van der Waals surface area contributed by atoms with Crippen molar-refractivity contribution in [3.63, 3.8) is 0 Å². The van der Waals surface area contributed by atoms with Crippen molar-refractivity contribution in [2.45, 2.75) is 90.0 Å². The first kappa shape index (κ1) is 17.0. The second-order valence-electron chi connectivity index (χ2n) is 6.02. The van der Waals surface area contributed by atoms with Crippen LogP contribution in [0.3, 0.4) is 0 Å². The summed E-state index contributed by atoms with van der Waals surface area (Å²) in [6, 6.07) is 0.764. The molecular weight excluding hydrogens is 234 g/mol. The monoisotopic (exact) mass is 269 g/mol. The Hall–Kier alpha value is -0.0800. The predicted molar refractivity (Wildman–Crippen MR) is 83.7 cm³/mol. The van der Waals surface area contributed by atoms with Crippen molar-refractivity contribution in [3.8, 4) is 0 Å². The smallest absolute Gasteiger partial charge is 0.0590 e. The van der Waals surface area contributed by atoms with Crippen LogP contribution in [0.1, 0.15) is 84.0 Å². The molecule has 0 aromatic heterocycles. The fourth-order valence-corrected chi connectivity index (χ4v) is 2.91. The molecule has 2 nitrogen and oxygen atoms in total. The molecule has 1 aliphatic carbocycles. The lowest BCUT2D eigenvalue weighted by Crippen LogP contribution is -2.31. The maximum atomic E-state index is 5.70. The van der Waals surface area contributed by atoms with Gasteiger partial charge in [0, 0.05) is 19.2 Å². The average Bonchev–Trinajstić information content (AvgIpc) is 2.69. The maximum absolute atomic E-state index is 5.70. The van der Waals surface area contributed by atoms with Crippen LogP contribution in [0.15, 0.2) is 0 Å². The van der Waals surface area contributed by atoms with Gasteiger partial charge in [0.25, 0.3) is 0 Å². The highest BCUT2D eigenvalue weighted by Gasteiger charge is 2.10. The van der Waals surface area contributed by atoms with Crippen LogP contribution in [-0.2, 0) is 4.74 Å². The van der Waals surface area contributed by atoms with Crippen molar-refractivity contribution in [3.05, 3.63) is 0 Å². The number of hydrogen-bond donors (Lipinski definition) is 1. The van der Waals surface area contributed by atoms with E-state index >= 15 is 0 Å². The lowest BCUT2D eigenvalue weighted by molar-refractivity contribution is 0.129. The molecule has 0 aliphatic heterocycles. The molecule has 1 N–H and O–H groups in total. The Balaban J connectivity index is 1.78. The normalized spacial score (nSPS) is 17.5. The van der Waals surface area contributed by atoms with E-state index in [9.17, 15) is 0 Å². The van der Waals surface area contributed by atoms with Crippen LogP contribution in [0.5, 0.6) is 0 Å². The molecule has 114 valence electrons. The molecule has 1 saturated carbocycles. The molecule has 0 amide bonds. The van der Waals surface area contributed by atoms with Gasteiger partial charge < -0.3 is 10.1 Å². The van der Waals surface area contributed by atoms with Gasteiger partial charge in [-0.25, -0.2) is 0 Å². The van der Waals surface area contributed by atoms with Gasteiger partial charge in [0.2, 0.25) is 0 Å². The van der Waals surface area contributed by atoms with Crippen LogP contribution in [0.25, 0.3) is 0 Å². The number of ether oxygens (including phenoxy) is 1. The Labute approximate surface area is 120 Å². The molecule has 0 aromatic carbocycles. The molecule has 1 aliphatic rings. The van der Waals surface area contributed by atoms with E-state index in [0.29, 0.717) is 0 Å². The second kappa shape index (κ2) is 12.9.